The fourth-order valence-electron chi connectivity index (χ4n) is 2.78. The Morgan fingerprint density at radius 2 is 2.12 bits per heavy atom. The number of rotatable bonds is 4. The summed E-state index contributed by atoms with van der Waals surface area (Å²) in [6.45, 7) is 3.28. The van der Waals surface area contributed by atoms with Crippen molar-refractivity contribution in [3.05, 3.63) is 46.7 Å². The maximum absolute atomic E-state index is 12.6. The van der Waals surface area contributed by atoms with Crippen LogP contribution in [0.5, 0.6) is 0 Å². The number of carbonyl (C=O) groups is 2. The van der Waals surface area contributed by atoms with Crippen LogP contribution in [0.3, 0.4) is 0 Å². The Labute approximate surface area is 145 Å². The summed E-state index contributed by atoms with van der Waals surface area (Å²) in [5, 5.41) is 4.95. The van der Waals surface area contributed by atoms with Crippen molar-refractivity contribution < 1.29 is 9.59 Å². The molecule has 0 fully saturated rings. The average molecular weight is 343 g/mol. The van der Waals surface area contributed by atoms with E-state index in [0.29, 0.717) is 13.1 Å². The smallest absolute Gasteiger partial charge is 0.242 e. The first-order valence-electron chi connectivity index (χ1n) is 7.96. The number of nitrogens with zero attached hydrogens (tertiary/aromatic N) is 2. The molecular formula is C18H21N3O2S. The molecule has 2 heterocycles. The Hall–Kier alpha value is -2.34. The number of anilines is 2. The summed E-state index contributed by atoms with van der Waals surface area (Å²) in [5.41, 5.74) is 1.66. The SMILES string of the molecule is C[C@@H]1CN(CC(=O)N(C)Cc2cccs2)c2ccccc2NC1=O. The fraction of sp³-hybridized carbons (Fsp3) is 0.333. The lowest BCUT2D eigenvalue weighted by molar-refractivity contribution is -0.129. The Balaban J connectivity index is 1.75. The van der Waals surface area contributed by atoms with Crippen molar-refractivity contribution in [3.63, 3.8) is 0 Å². The van der Waals surface area contributed by atoms with E-state index >= 15 is 0 Å². The van der Waals surface area contributed by atoms with Gasteiger partial charge in [0.15, 0.2) is 0 Å². The maximum Gasteiger partial charge on any atom is 0.242 e. The Kier molecular flexibility index (Phi) is 4.85. The Morgan fingerprint density at radius 3 is 2.88 bits per heavy atom. The van der Waals surface area contributed by atoms with Crippen LogP contribution in [0.1, 0.15) is 11.8 Å². The monoisotopic (exact) mass is 343 g/mol. The number of nitrogens with one attached hydrogen (secondary N) is 1. The molecule has 5 nitrogen and oxygen atoms in total. The second-order valence-corrected chi connectivity index (χ2v) is 7.15. The molecule has 0 bridgehead atoms. The summed E-state index contributed by atoms with van der Waals surface area (Å²) >= 11 is 1.65. The van der Waals surface area contributed by atoms with Gasteiger partial charge in [0, 0.05) is 18.5 Å². The number of thiophene rings is 1. The van der Waals surface area contributed by atoms with Crippen molar-refractivity contribution >= 4 is 34.5 Å². The van der Waals surface area contributed by atoms with Crippen LogP contribution < -0.4 is 10.2 Å². The van der Waals surface area contributed by atoms with E-state index in [2.05, 4.69) is 5.32 Å². The Morgan fingerprint density at radius 1 is 1.33 bits per heavy atom. The molecule has 24 heavy (non-hydrogen) atoms. The van der Waals surface area contributed by atoms with Crippen LogP contribution in [0.2, 0.25) is 0 Å². The highest BCUT2D eigenvalue weighted by molar-refractivity contribution is 7.09. The van der Waals surface area contributed by atoms with Gasteiger partial charge in [-0.05, 0) is 23.6 Å². The third kappa shape index (κ3) is 3.59. The first-order valence-corrected chi connectivity index (χ1v) is 8.83. The molecule has 0 aliphatic carbocycles. The molecule has 1 aliphatic heterocycles. The van der Waals surface area contributed by atoms with Gasteiger partial charge in [-0.2, -0.15) is 0 Å². The topological polar surface area (TPSA) is 52.7 Å². The van der Waals surface area contributed by atoms with Crippen LogP contribution in [0.15, 0.2) is 41.8 Å². The quantitative estimate of drug-likeness (QED) is 0.929. The van der Waals surface area contributed by atoms with Crippen molar-refractivity contribution in [2.75, 3.05) is 30.4 Å². The molecule has 0 saturated carbocycles. The van der Waals surface area contributed by atoms with Crippen LogP contribution >= 0.6 is 11.3 Å². The minimum absolute atomic E-state index is 0.00987. The van der Waals surface area contributed by atoms with E-state index in [1.807, 2.05) is 60.6 Å². The number of hydrogen-bond donors (Lipinski definition) is 1. The van der Waals surface area contributed by atoms with Crippen molar-refractivity contribution in [1.29, 1.82) is 0 Å². The molecule has 1 aromatic carbocycles. The van der Waals surface area contributed by atoms with Crippen LogP contribution in [0, 0.1) is 5.92 Å². The van der Waals surface area contributed by atoms with Gasteiger partial charge in [-0.3, -0.25) is 9.59 Å². The molecule has 1 aliphatic rings. The zero-order valence-corrected chi connectivity index (χ0v) is 14.7. The number of amides is 2. The summed E-state index contributed by atoms with van der Waals surface area (Å²) < 4.78 is 0. The fourth-order valence-corrected chi connectivity index (χ4v) is 3.54. The molecule has 0 radical (unpaired) electrons. The second kappa shape index (κ2) is 7.05. The molecule has 126 valence electrons. The van der Waals surface area contributed by atoms with Gasteiger partial charge >= 0.3 is 0 Å². The van der Waals surface area contributed by atoms with Gasteiger partial charge in [0.25, 0.3) is 0 Å². The molecule has 2 aromatic rings. The van der Waals surface area contributed by atoms with Crippen LogP contribution in [0.4, 0.5) is 11.4 Å². The van der Waals surface area contributed by atoms with E-state index in [-0.39, 0.29) is 24.3 Å². The van der Waals surface area contributed by atoms with E-state index in [4.69, 9.17) is 0 Å². The van der Waals surface area contributed by atoms with Crippen LogP contribution in [-0.4, -0.2) is 36.9 Å². The van der Waals surface area contributed by atoms with Gasteiger partial charge in [-0.1, -0.05) is 25.1 Å². The van der Waals surface area contributed by atoms with E-state index in [9.17, 15) is 9.59 Å². The van der Waals surface area contributed by atoms with E-state index in [1.54, 1.807) is 16.2 Å². The van der Waals surface area contributed by atoms with Crippen LogP contribution in [-0.2, 0) is 16.1 Å². The summed E-state index contributed by atoms with van der Waals surface area (Å²) in [6.07, 6.45) is 0. The second-order valence-electron chi connectivity index (χ2n) is 6.12. The van der Waals surface area contributed by atoms with Crippen molar-refractivity contribution in [1.82, 2.24) is 4.90 Å². The van der Waals surface area contributed by atoms with Gasteiger partial charge < -0.3 is 15.1 Å². The van der Waals surface area contributed by atoms with Gasteiger partial charge in [0.05, 0.1) is 30.4 Å². The number of fused-ring (bicyclic) bond motifs is 1. The molecule has 2 amide bonds. The van der Waals surface area contributed by atoms with Crippen molar-refractivity contribution in [2.24, 2.45) is 5.92 Å². The molecule has 0 spiro atoms. The predicted octanol–water partition coefficient (Wildman–Crippen LogP) is 2.80. The van der Waals surface area contributed by atoms with Gasteiger partial charge in [0.1, 0.15) is 0 Å². The number of para-hydroxylation sites is 2. The molecule has 0 saturated heterocycles. The average Bonchev–Trinajstić information content (AvgIpc) is 3.03. The standard InChI is InChI=1S/C18H21N3O2S/c1-13-10-21(16-8-4-3-7-15(16)19-18(13)23)12-17(22)20(2)11-14-6-5-9-24-14/h3-9,13H,10-12H2,1-2H3,(H,19,23)/t13-/m1/s1. The number of hydrogen-bond acceptors (Lipinski definition) is 4. The van der Waals surface area contributed by atoms with E-state index < -0.39 is 0 Å². The first kappa shape index (κ1) is 16.5. The van der Waals surface area contributed by atoms with Crippen molar-refractivity contribution in [2.45, 2.75) is 13.5 Å². The largest absolute Gasteiger partial charge is 0.360 e. The Bertz CT molecular complexity index is 730. The predicted molar refractivity (Wildman–Crippen MR) is 97.2 cm³/mol. The highest BCUT2D eigenvalue weighted by Gasteiger charge is 2.26. The van der Waals surface area contributed by atoms with Gasteiger partial charge in [-0.25, -0.2) is 0 Å². The first-order chi connectivity index (χ1) is 11.5. The zero-order valence-electron chi connectivity index (χ0n) is 13.9. The molecule has 1 aromatic heterocycles. The zero-order chi connectivity index (χ0) is 17.1. The third-order valence-corrected chi connectivity index (χ3v) is 5.03. The molecule has 1 atom stereocenters. The lowest BCUT2D eigenvalue weighted by Gasteiger charge is -2.27. The number of carbonyl (C=O) groups excluding carboxylic acids is 2. The lowest BCUT2D eigenvalue weighted by atomic mass is 10.1. The number of benzene rings is 1. The minimum atomic E-state index is -0.173. The molecule has 3 rings (SSSR count). The summed E-state index contributed by atoms with van der Waals surface area (Å²) in [5.74, 6) is -0.142. The third-order valence-electron chi connectivity index (χ3n) is 4.17. The normalized spacial score (nSPS) is 17.0. The van der Waals surface area contributed by atoms with E-state index in [1.165, 1.54) is 0 Å². The summed E-state index contributed by atoms with van der Waals surface area (Å²) in [6, 6.07) is 11.6. The minimum Gasteiger partial charge on any atom is -0.360 e. The van der Waals surface area contributed by atoms with Gasteiger partial charge in [-0.15, -0.1) is 11.3 Å². The highest BCUT2D eigenvalue weighted by atomic mass is 32.1. The molecule has 6 heteroatoms. The van der Waals surface area contributed by atoms with Gasteiger partial charge in [0.2, 0.25) is 11.8 Å². The number of likely N-dealkylation sites (N-methyl/N-ethyl adjacent to an activating group) is 1. The van der Waals surface area contributed by atoms with Crippen molar-refractivity contribution in [3.8, 4) is 0 Å². The molecule has 0 unspecified atom stereocenters. The molecular weight excluding hydrogens is 322 g/mol. The highest BCUT2D eigenvalue weighted by Crippen LogP contribution is 2.29. The maximum atomic E-state index is 12.6. The van der Waals surface area contributed by atoms with Crippen LogP contribution in [0.25, 0.3) is 0 Å². The lowest BCUT2D eigenvalue weighted by Crippen LogP contribution is -2.40. The van der Waals surface area contributed by atoms with E-state index in [0.717, 1.165) is 16.3 Å². The molecule has 1 N–H and O–H groups in total. The summed E-state index contributed by atoms with van der Waals surface area (Å²) in [4.78, 5) is 29.6. The summed E-state index contributed by atoms with van der Waals surface area (Å²) in [7, 11) is 1.82.